The van der Waals surface area contributed by atoms with Gasteiger partial charge in [-0.3, -0.25) is 0 Å². The van der Waals surface area contributed by atoms with Gasteiger partial charge in [-0.05, 0) is 0 Å². The van der Waals surface area contributed by atoms with Gasteiger partial charge in [-0.15, -0.1) is 0 Å². The Balaban J connectivity index is 0.00000128. The summed E-state index contributed by atoms with van der Waals surface area (Å²) in [5, 5.41) is 0. The van der Waals surface area contributed by atoms with Crippen LogP contribution in [0.1, 0.15) is 33.3 Å². The van der Waals surface area contributed by atoms with Gasteiger partial charge in [0.05, 0.1) is 0 Å². The van der Waals surface area contributed by atoms with Gasteiger partial charge < -0.3 is 0 Å². The summed E-state index contributed by atoms with van der Waals surface area (Å²) in [4.78, 5) is 0. The van der Waals surface area contributed by atoms with Crippen molar-refractivity contribution in [2.24, 2.45) is 0 Å². The van der Waals surface area contributed by atoms with E-state index in [9.17, 15) is 0 Å². The normalized spacial score (nSPS) is 24.1. The van der Waals surface area contributed by atoms with Crippen molar-refractivity contribution in [3.05, 3.63) is 47.0 Å². The summed E-state index contributed by atoms with van der Waals surface area (Å²) in [6.07, 6.45) is 0. The predicted octanol–water partition coefficient (Wildman–Crippen LogP) is 2.77. The molecular weight excluding hydrogens is 248 g/mol. The van der Waals surface area contributed by atoms with E-state index in [1.54, 1.807) is 15.5 Å². The summed E-state index contributed by atoms with van der Waals surface area (Å²) >= 11 is -0.0314. The number of allylic oxidation sites excluding steroid dienone is 2. The van der Waals surface area contributed by atoms with Crippen LogP contribution in [0.15, 0.2) is 41.5 Å². The van der Waals surface area contributed by atoms with E-state index < -0.39 is 0 Å². The number of benzene rings is 1. The molecule has 0 fully saturated rings. The van der Waals surface area contributed by atoms with Gasteiger partial charge in [0.2, 0.25) is 0 Å². The first kappa shape index (κ1) is 14.0. The summed E-state index contributed by atoms with van der Waals surface area (Å²) in [7, 11) is 0. The van der Waals surface area contributed by atoms with Gasteiger partial charge in [0, 0.05) is 18.9 Å². The molecule has 0 aromatic heterocycles. The number of hydrogen-bond donors (Lipinski definition) is 0. The zero-order chi connectivity index (χ0) is 11.1. The van der Waals surface area contributed by atoms with Crippen molar-refractivity contribution in [1.82, 2.24) is 0 Å². The van der Waals surface area contributed by atoms with E-state index in [0.29, 0.717) is 4.25 Å². The van der Waals surface area contributed by atoms with Crippen LogP contribution in [0.3, 0.4) is 0 Å². The summed E-state index contributed by atoms with van der Waals surface area (Å²) in [5.41, 5.74) is 4.64. The molecule has 1 aliphatic heterocycles. The van der Waals surface area contributed by atoms with Crippen LogP contribution in [0.2, 0.25) is 0 Å². The van der Waals surface area contributed by atoms with Crippen molar-refractivity contribution in [2.45, 2.75) is 31.9 Å². The molecule has 0 N–H and O–H groups in total. The third kappa shape index (κ3) is 2.16. The molecule has 1 unspecified atom stereocenters. The van der Waals surface area contributed by atoms with Gasteiger partial charge in [0.25, 0.3) is 0 Å². The molecule has 0 nitrogen and oxygen atoms in total. The monoisotopic (exact) mass is 266 g/mol. The van der Waals surface area contributed by atoms with Crippen LogP contribution < -0.4 is 0 Å². The van der Waals surface area contributed by atoms with Crippen molar-refractivity contribution in [3.8, 4) is 0 Å². The Labute approximate surface area is 117 Å². The first-order chi connectivity index (χ1) is 7.05. The molecule has 0 saturated heterocycles. The second-order valence-electron chi connectivity index (χ2n) is 4.49. The molecule has 16 heavy (non-hydrogen) atoms. The first-order valence-corrected chi connectivity index (χ1v) is 7.51. The second-order valence-corrected chi connectivity index (χ2v) is 8.69. The minimum absolute atomic E-state index is 0. The Kier molecular flexibility index (Phi) is 4.46. The third-order valence-electron chi connectivity index (χ3n) is 3.66. The minimum atomic E-state index is -0.0314. The van der Waals surface area contributed by atoms with Crippen LogP contribution in [-0.4, -0.2) is 38.2 Å². The quantitative estimate of drug-likeness (QED) is 0.685. The van der Waals surface area contributed by atoms with Crippen molar-refractivity contribution in [3.63, 3.8) is 0 Å². The largest absolute Gasteiger partial charge is 0 e. The maximum absolute atomic E-state index is 2.41. The van der Waals surface area contributed by atoms with Gasteiger partial charge in [-0.2, -0.15) is 0 Å². The zero-order valence-corrected chi connectivity index (χ0v) is 13.0. The molecule has 1 heterocycles. The van der Waals surface area contributed by atoms with Crippen LogP contribution >= 0.6 is 0 Å². The van der Waals surface area contributed by atoms with Crippen LogP contribution in [-0.2, 0) is 4.25 Å². The fourth-order valence-corrected chi connectivity index (χ4v) is 6.08. The predicted molar refractivity (Wildman–Crippen MR) is 74.4 cm³/mol. The molecule has 1 aromatic carbocycles. The van der Waals surface area contributed by atoms with Gasteiger partial charge in [-0.25, -0.2) is 0 Å². The summed E-state index contributed by atoms with van der Waals surface area (Å²) in [6.45, 7) is 9.31. The van der Waals surface area contributed by atoms with E-state index in [-0.39, 0.29) is 33.9 Å². The van der Waals surface area contributed by atoms with Crippen molar-refractivity contribution in [1.29, 1.82) is 0 Å². The van der Waals surface area contributed by atoms with Gasteiger partial charge in [0.1, 0.15) is 0 Å². The molecule has 2 radical (unpaired) electrons. The summed E-state index contributed by atoms with van der Waals surface area (Å²) < 4.78 is 2.02. The average molecular weight is 265 g/mol. The Hall–Kier alpha value is -0.0297. The molecule has 2 rings (SSSR count). The molecule has 0 amide bonds. The van der Waals surface area contributed by atoms with Crippen LogP contribution in [0.25, 0.3) is 0 Å². The molecule has 0 saturated carbocycles. The van der Waals surface area contributed by atoms with E-state index in [1.807, 2.05) is 0 Å². The third-order valence-corrected chi connectivity index (χ3v) is 7.68. The van der Waals surface area contributed by atoms with Crippen molar-refractivity contribution >= 4 is 38.2 Å². The summed E-state index contributed by atoms with van der Waals surface area (Å²) in [6, 6.07) is 11.0. The van der Waals surface area contributed by atoms with Gasteiger partial charge in [-0.1, -0.05) is 0 Å². The SMILES string of the molecule is C[C]1=[Ge][C](C)(c2ccccc2)C(C)=C1C.[Li]. The first-order valence-electron chi connectivity index (χ1n) is 5.41. The maximum atomic E-state index is 2.41. The summed E-state index contributed by atoms with van der Waals surface area (Å²) in [5.74, 6) is 0. The molecule has 0 bridgehead atoms. The molecule has 1 atom stereocenters. The van der Waals surface area contributed by atoms with E-state index in [1.165, 1.54) is 5.56 Å². The Morgan fingerprint density at radius 2 is 1.56 bits per heavy atom. The van der Waals surface area contributed by atoms with Crippen LogP contribution in [0.5, 0.6) is 0 Å². The van der Waals surface area contributed by atoms with Crippen molar-refractivity contribution < 1.29 is 0 Å². The molecule has 1 aromatic rings. The molecule has 0 aliphatic carbocycles. The van der Waals surface area contributed by atoms with Crippen LogP contribution in [0.4, 0.5) is 0 Å². The zero-order valence-electron chi connectivity index (χ0n) is 10.9. The molecule has 0 spiro atoms. The Morgan fingerprint density at radius 3 is 2.00 bits per heavy atom. The minimum Gasteiger partial charge on any atom is 0 e. The molecular formula is C14H17GeLi. The maximum Gasteiger partial charge on any atom is 0 e. The smallest absolute Gasteiger partial charge is 0 e. The second kappa shape index (κ2) is 5.09. The standard InChI is InChI=1S/C14H17Ge.Li/c1-10-11(2)14(4,15-12(10)3)13-8-6-5-7-9-13;/h5-9H,1-4H3;. The number of hydrogen-bond acceptors (Lipinski definition) is 0. The molecule has 1 aliphatic rings. The van der Waals surface area contributed by atoms with E-state index in [4.69, 9.17) is 0 Å². The van der Waals surface area contributed by atoms with Crippen molar-refractivity contribution in [2.75, 3.05) is 0 Å². The number of rotatable bonds is 1. The Bertz CT molecular complexity index is 445. The van der Waals surface area contributed by atoms with Gasteiger partial charge in [0.15, 0.2) is 0 Å². The average Bonchev–Trinajstić information content (AvgIpc) is 2.45. The van der Waals surface area contributed by atoms with E-state index in [2.05, 4.69) is 58.0 Å². The topological polar surface area (TPSA) is 0 Å². The molecule has 78 valence electrons. The molecule has 2 heteroatoms. The fraction of sp³-hybridized carbons (Fsp3) is 0.357. The fourth-order valence-electron chi connectivity index (χ4n) is 2.28. The van der Waals surface area contributed by atoms with Crippen LogP contribution in [0, 0.1) is 0 Å². The van der Waals surface area contributed by atoms with E-state index >= 15 is 0 Å². The van der Waals surface area contributed by atoms with Gasteiger partial charge >= 0.3 is 98.3 Å². The van der Waals surface area contributed by atoms with E-state index in [0.717, 1.165) is 0 Å². The Morgan fingerprint density at radius 1 is 1.00 bits per heavy atom.